The van der Waals surface area contributed by atoms with Gasteiger partial charge in [-0.2, -0.15) is 0 Å². The molecule has 0 aromatic heterocycles. The summed E-state index contributed by atoms with van der Waals surface area (Å²) in [5, 5.41) is 2.97. The monoisotopic (exact) mass is 440 g/mol. The molecule has 2 amide bonds. The molecule has 0 spiro atoms. The van der Waals surface area contributed by atoms with Crippen molar-refractivity contribution in [2.24, 2.45) is 0 Å². The molecule has 0 saturated carbocycles. The summed E-state index contributed by atoms with van der Waals surface area (Å²) in [7, 11) is 1.59. The number of ether oxygens (including phenoxy) is 1. The number of rotatable bonds is 6. The van der Waals surface area contributed by atoms with E-state index in [4.69, 9.17) is 17.0 Å². The van der Waals surface area contributed by atoms with Crippen LogP contribution in [-0.2, 0) is 9.59 Å². The Morgan fingerprint density at radius 1 is 1.20 bits per heavy atom. The van der Waals surface area contributed by atoms with Gasteiger partial charge in [0.2, 0.25) is 5.91 Å². The van der Waals surface area contributed by atoms with Gasteiger partial charge in [0.25, 0.3) is 5.91 Å². The first-order valence-corrected chi connectivity index (χ1v) is 10.8. The van der Waals surface area contributed by atoms with E-state index in [9.17, 15) is 9.59 Å². The van der Waals surface area contributed by atoms with Gasteiger partial charge in [0.05, 0.1) is 12.0 Å². The summed E-state index contributed by atoms with van der Waals surface area (Å²) < 4.78 is 5.80. The summed E-state index contributed by atoms with van der Waals surface area (Å²) in [4.78, 5) is 27.3. The van der Waals surface area contributed by atoms with Crippen LogP contribution in [0.3, 0.4) is 0 Å². The average molecular weight is 441 g/mol. The summed E-state index contributed by atoms with van der Waals surface area (Å²) in [6, 6.07) is 11.5. The van der Waals surface area contributed by atoms with E-state index in [1.54, 1.807) is 13.2 Å². The number of aryl methyl sites for hydroxylation is 3. The molecule has 2 aromatic rings. The number of thioether (sulfide) groups is 1. The van der Waals surface area contributed by atoms with Crippen LogP contribution < -0.4 is 10.1 Å². The third kappa shape index (κ3) is 4.91. The lowest BCUT2D eigenvalue weighted by molar-refractivity contribution is -0.122. The third-order valence-corrected chi connectivity index (χ3v) is 6.18. The van der Waals surface area contributed by atoms with Gasteiger partial charge in [0.15, 0.2) is 0 Å². The largest absolute Gasteiger partial charge is 0.496 e. The first kappa shape index (κ1) is 22.1. The van der Waals surface area contributed by atoms with E-state index in [2.05, 4.69) is 5.32 Å². The van der Waals surface area contributed by atoms with Gasteiger partial charge in [-0.05, 0) is 44.0 Å². The second kappa shape index (κ2) is 9.45. The molecular weight excluding hydrogens is 416 g/mol. The molecule has 7 heteroatoms. The van der Waals surface area contributed by atoms with Crippen molar-refractivity contribution in [2.45, 2.75) is 27.2 Å². The molecule has 1 fully saturated rings. The van der Waals surface area contributed by atoms with E-state index in [1.807, 2.05) is 57.2 Å². The highest BCUT2D eigenvalue weighted by atomic mass is 32.2. The molecule has 30 heavy (non-hydrogen) atoms. The predicted octanol–water partition coefficient (Wildman–Crippen LogP) is 4.85. The van der Waals surface area contributed by atoms with Crippen LogP contribution in [0.15, 0.2) is 41.3 Å². The molecule has 1 aliphatic rings. The van der Waals surface area contributed by atoms with Gasteiger partial charge in [-0.3, -0.25) is 14.5 Å². The minimum Gasteiger partial charge on any atom is -0.496 e. The fourth-order valence-corrected chi connectivity index (χ4v) is 4.71. The Kier molecular flexibility index (Phi) is 6.95. The number of methoxy groups -OCH3 is 1. The van der Waals surface area contributed by atoms with Gasteiger partial charge in [0, 0.05) is 24.2 Å². The minimum absolute atomic E-state index is 0.146. The summed E-state index contributed by atoms with van der Waals surface area (Å²) >= 11 is 6.61. The van der Waals surface area contributed by atoms with E-state index in [0.29, 0.717) is 15.0 Å². The highest BCUT2D eigenvalue weighted by Crippen LogP contribution is 2.34. The maximum Gasteiger partial charge on any atom is 0.266 e. The van der Waals surface area contributed by atoms with Crippen LogP contribution >= 0.6 is 24.0 Å². The number of hydrogen-bond acceptors (Lipinski definition) is 5. The van der Waals surface area contributed by atoms with E-state index in [0.717, 1.165) is 27.9 Å². The standard InChI is InChI=1S/C23H24N2O3S2/c1-14-11-15(2)21(16(3)12-14)24-20(26)9-10-25-22(27)19(30-23(25)29)13-17-7-5-6-8-18(17)28-4/h5-8,11-13H,9-10H2,1-4H3,(H,24,26)/b19-13-. The average Bonchev–Trinajstić information content (AvgIpc) is 2.96. The Morgan fingerprint density at radius 2 is 1.87 bits per heavy atom. The zero-order chi connectivity index (χ0) is 21.8. The molecule has 0 unspecified atom stereocenters. The van der Waals surface area contributed by atoms with Gasteiger partial charge < -0.3 is 10.1 Å². The van der Waals surface area contributed by atoms with Crippen molar-refractivity contribution >= 4 is 51.9 Å². The quantitative estimate of drug-likeness (QED) is 0.514. The molecule has 2 aromatic carbocycles. The fourth-order valence-electron chi connectivity index (χ4n) is 3.41. The lowest BCUT2D eigenvalue weighted by Crippen LogP contribution is -2.31. The number of nitrogens with one attached hydrogen (secondary N) is 1. The molecule has 1 saturated heterocycles. The lowest BCUT2D eigenvalue weighted by Gasteiger charge is -2.16. The summed E-state index contributed by atoms with van der Waals surface area (Å²) in [6.07, 6.45) is 1.94. The van der Waals surface area contributed by atoms with Gasteiger partial charge in [-0.15, -0.1) is 0 Å². The fraction of sp³-hybridized carbons (Fsp3) is 0.261. The van der Waals surface area contributed by atoms with Crippen molar-refractivity contribution < 1.29 is 14.3 Å². The number of amides is 2. The van der Waals surface area contributed by atoms with Gasteiger partial charge in [-0.1, -0.05) is 59.9 Å². The molecular formula is C23H24N2O3S2. The van der Waals surface area contributed by atoms with Gasteiger partial charge in [0.1, 0.15) is 10.1 Å². The van der Waals surface area contributed by atoms with Crippen molar-refractivity contribution in [3.05, 3.63) is 63.6 Å². The lowest BCUT2D eigenvalue weighted by atomic mass is 10.1. The van der Waals surface area contributed by atoms with Crippen molar-refractivity contribution in [3.8, 4) is 5.75 Å². The summed E-state index contributed by atoms with van der Waals surface area (Å²) in [5.74, 6) is 0.352. The highest BCUT2D eigenvalue weighted by Gasteiger charge is 2.32. The summed E-state index contributed by atoms with van der Waals surface area (Å²) in [5.41, 5.74) is 4.83. The molecule has 1 N–H and O–H groups in total. The predicted molar refractivity (Wildman–Crippen MR) is 127 cm³/mol. The van der Waals surface area contributed by atoms with Crippen LogP contribution in [0.5, 0.6) is 5.75 Å². The van der Waals surface area contributed by atoms with Crippen LogP contribution in [0.2, 0.25) is 0 Å². The van der Waals surface area contributed by atoms with Crippen LogP contribution in [0.25, 0.3) is 6.08 Å². The number of hydrogen-bond donors (Lipinski definition) is 1. The van der Waals surface area contributed by atoms with Gasteiger partial charge >= 0.3 is 0 Å². The van der Waals surface area contributed by atoms with Crippen LogP contribution in [0.1, 0.15) is 28.7 Å². The second-order valence-corrected chi connectivity index (χ2v) is 8.82. The van der Waals surface area contributed by atoms with Crippen molar-refractivity contribution in [1.82, 2.24) is 4.90 Å². The normalized spacial score (nSPS) is 15.1. The topological polar surface area (TPSA) is 58.6 Å². The Balaban J connectivity index is 1.66. The molecule has 156 valence electrons. The molecule has 0 aliphatic carbocycles. The molecule has 3 rings (SSSR count). The zero-order valence-corrected chi connectivity index (χ0v) is 19.1. The minimum atomic E-state index is -0.189. The maximum absolute atomic E-state index is 12.8. The van der Waals surface area contributed by atoms with Crippen LogP contribution in [0.4, 0.5) is 5.69 Å². The summed E-state index contributed by atoms with van der Waals surface area (Å²) in [6.45, 7) is 6.21. The Bertz CT molecular complexity index is 1020. The van der Waals surface area contributed by atoms with Crippen molar-refractivity contribution in [3.63, 3.8) is 0 Å². The van der Waals surface area contributed by atoms with E-state index < -0.39 is 0 Å². The zero-order valence-electron chi connectivity index (χ0n) is 17.4. The SMILES string of the molecule is COc1ccccc1/C=C1\SC(=S)N(CCC(=O)Nc2c(C)cc(C)cc2C)C1=O. The smallest absolute Gasteiger partial charge is 0.266 e. The Morgan fingerprint density at radius 3 is 2.53 bits per heavy atom. The molecule has 5 nitrogen and oxygen atoms in total. The van der Waals surface area contributed by atoms with Crippen molar-refractivity contribution in [1.29, 1.82) is 0 Å². The number of thiocarbonyl (C=S) groups is 1. The third-order valence-electron chi connectivity index (χ3n) is 4.80. The number of anilines is 1. The molecule has 0 bridgehead atoms. The number of carbonyl (C=O) groups is 2. The molecule has 0 atom stereocenters. The Hall–Kier alpha value is -2.64. The van der Waals surface area contributed by atoms with Crippen molar-refractivity contribution in [2.75, 3.05) is 19.0 Å². The molecule has 0 radical (unpaired) electrons. The first-order chi connectivity index (χ1) is 14.3. The number of benzene rings is 2. The number of carbonyl (C=O) groups excluding carboxylic acids is 2. The Labute approximate surface area is 186 Å². The maximum atomic E-state index is 12.8. The van der Waals surface area contributed by atoms with E-state index in [-0.39, 0.29) is 24.8 Å². The number of nitrogens with zero attached hydrogens (tertiary/aromatic N) is 1. The second-order valence-electron chi connectivity index (χ2n) is 7.15. The van der Waals surface area contributed by atoms with E-state index >= 15 is 0 Å². The number of para-hydroxylation sites is 1. The van der Waals surface area contributed by atoms with E-state index in [1.165, 1.54) is 16.7 Å². The molecule has 1 heterocycles. The van der Waals surface area contributed by atoms with Crippen LogP contribution in [-0.4, -0.2) is 34.7 Å². The highest BCUT2D eigenvalue weighted by molar-refractivity contribution is 8.26. The molecule has 1 aliphatic heterocycles. The van der Waals surface area contributed by atoms with Gasteiger partial charge in [-0.25, -0.2) is 0 Å². The first-order valence-electron chi connectivity index (χ1n) is 9.56. The van der Waals surface area contributed by atoms with Crippen LogP contribution in [0, 0.1) is 20.8 Å².